The molecule has 3 N–H and O–H groups in total. The number of hydrazine groups is 1. The number of nitrogens with two attached hydrogens (primary N) is 1. The van der Waals surface area contributed by atoms with E-state index in [1.165, 1.54) is 0 Å². The van der Waals surface area contributed by atoms with Gasteiger partial charge < -0.3 is 9.80 Å². The monoisotopic (exact) mass is 188 g/mol. The summed E-state index contributed by atoms with van der Waals surface area (Å²) in [5, 5.41) is 0. The first-order valence-electron chi connectivity index (χ1n) is 4.39. The molecular formula is C8H20N4O. The van der Waals surface area contributed by atoms with Gasteiger partial charge in [0.1, 0.15) is 0 Å². The Morgan fingerprint density at radius 2 is 1.85 bits per heavy atom. The van der Waals surface area contributed by atoms with Gasteiger partial charge in [-0.2, -0.15) is 0 Å². The molecule has 0 aromatic carbocycles. The molecule has 13 heavy (non-hydrogen) atoms. The lowest BCUT2D eigenvalue weighted by Crippen LogP contribution is -2.35. The third-order valence-electron chi connectivity index (χ3n) is 1.81. The number of carbonyl (C=O) groups excluding carboxylic acids is 1. The minimum absolute atomic E-state index is 0.114. The van der Waals surface area contributed by atoms with Gasteiger partial charge in [-0.25, -0.2) is 5.84 Å². The molecule has 0 radical (unpaired) electrons. The van der Waals surface area contributed by atoms with Crippen molar-refractivity contribution in [2.24, 2.45) is 5.84 Å². The van der Waals surface area contributed by atoms with Crippen molar-refractivity contribution < 1.29 is 4.79 Å². The predicted octanol–water partition coefficient (Wildman–Crippen LogP) is -1.14. The number of hydrogen-bond acceptors (Lipinski definition) is 4. The van der Waals surface area contributed by atoms with E-state index in [1.807, 2.05) is 21.1 Å². The highest BCUT2D eigenvalue weighted by Gasteiger charge is 2.02. The third kappa shape index (κ3) is 7.70. The number of hydrogen-bond donors (Lipinski definition) is 2. The van der Waals surface area contributed by atoms with Gasteiger partial charge in [0.25, 0.3) is 0 Å². The van der Waals surface area contributed by atoms with Crippen molar-refractivity contribution in [3.8, 4) is 0 Å². The van der Waals surface area contributed by atoms with Crippen LogP contribution in [0.4, 0.5) is 0 Å². The third-order valence-corrected chi connectivity index (χ3v) is 1.81. The van der Waals surface area contributed by atoms with Crippen LogP contribution in [0.3, 0.4) is 0 Å². The van der Waals surface area contributed by atoms with E-state index in [2.05, 4.69) is 15.2 Å². The number of carbonyl (C=O) groups is 1. The van der Waals surface area contributed by atoms with Crippen molar-refractivity contribution in [2.45, 2.75) is 6.42 Å². The number of likely N-dealkylation sites (N-methyl/N-ethyl adjacent to an activating group) is 2. The first-order chi connectivity index (χ1) is 6.06. The Balaban J connectivity index is 3.40. The summed E-state index contributed by atoms with van der Waals surface area (Å²) in [6.07, 6.45) is 0.459. The van der Waals surface area contributed by atoms with Gasteiger partial charge in [-0.15, -0.1) is 0 Å². The molecule has 0 aliphatic carbocycles. The van der Waals surface area contributed by atoms with E-state index in [-0.39, 0.29) is 5.91 Å². The van der Waals surface area contributed by atoms with Crippen LogP contribution in [-0.4, -0.2) is 56.5 Å². The Bertz CT molecular complexity index is 149. The second-order valence-electron chi connectivity index (χ2n) is 3.42. The van der Waals surface area contributed by atoms with Gasteiger partial charge in [-0.05, 0) is 21.1 Å². The second-order valence-corrected chi connectivity index (χ2v) is 3.42. The van der Waals surface area contributed by atoms with Crippen LogP contribution in [0.25, 0.3) is 0 Å². The molecule has 0 aliphatic rings. The molecule has 1 amide bonds. The van der Waals surface area contributed by atoms with Crippen LogP contribution >= 0.6 is 0 Å². The Morgan fingerprint density at radius 3 is 2.31 bits per heavy atom. The Labute approximate surface area is 79.8 Å². The topological polar surface area (TPSA) is 61.6 Å². The Kier molecular flexibility index (Phi) is 6.48. The summed E-state index contributed by atoms with van der Waals surface area (Å²) in [7, 11) is 6.05. The first-order valence-corrected chi connectivity index (χ1v) is 4.39. The van der Waals surface area contributed by atoms with Gasteiger partial charge in [0.15, 0.2) is 0 Å². The highest BCUT2D eigenvalue weighted by molar-refractivity contribution is 5.75. The highest BCUT2D eigenvalue weighted by atomic mass is 16.2. The lowest BCUT2D eigenvalue weighted by atomic mass is 10.3. The summed E-state index contributed by atoms with van der Waals surface area (Å²) in [5.41, 5.74) is 2.11. The summed E-state index contributed by atoms with van der Waals surface area (Å²) in [6.45, 7) is 2.71. The van der Waals surface area contributed by atoms with E-state index in [9.17, 15) is 4.79 Å². The predicted molar refractivity (Wildman–Crippen MR) is 53.0 cm³/mol. The molecule has 5 heteroatoms. The van der Waals surface area contributed by atoms with Crippen molar-refractivity contribution in [1.82, 2.24) is 15.2 Å². The minimum Gasteiger partial charge on any atom is -0.308 e. The molecule has 78 valence electrons. The Hall–Kier alpha value is -0.650. The van der Waals surface area contributed by atoms with E-state index in [0.29, 0.717) is 6.42 Å². The average molecular weight is 188 g/mol. The zero-order valence-corrected chi connectivity index (χ0v) is 8.71. The van der Waals surface area contributed by atoms with E-state index in [0.717, 1.165) is 19.6 Å². The van der Waals surface area contributed by atoms with Gasteiger partial charge >= 0.3 is 0 Å². The van der Waals surface area contributed by atoms with Crippen molar-refractivity contribution in [3.05, 3.63) is 0 Å². The van der Waals surface area contributed by atoms with E-state index in [1.54, 1.807) is 0 Å². The Morgan fingerprint density at radius 1 is 1.23 bits per heavy atom. The molecule has 0 fully saturated rings. The van der Waals surface area contributed by atoms with Crippen LogP contribution in [0.2, 0.25) is 0 Å². The van der Waals surface area contributed by atoms with Gasteiger partial charge in [0, 0.05) is 26.1 Å². The van der Waals surface area contributed by atoms with Crippen molar-refractivity contribution in [3.63, 3.8) is 0 Å². The van der Waals surface area contributed by atoms with Crippen LogP contribution in [0, 0.1) is 0 Å². The van der Waals surface area contributed by atoms with E-state index in [4.69, 9.17) is 5.84 Å². The number of rotatable bonds is 6. The molecule has 0 heterocycles. The summed E-state index contributed by atoms with van der Waals surface area (Å²) in [6, 6.07) is 0. The molecule has 5 nitrogen and oxygen atoms in total. The van der Waals surface area contributed by atoms with Crippen LogP contribution < -0.4 is 11.3 Å². The van der Waals surface area contributed by atoms with Crippen molar-refractivity contribution in [2.75, 3.05) is 40.8 Å². The standard InChI is InChI=1S/C8H20N4O/c1-11(2)6-7-12(3)5-4-8(13)10-9/h4-7,9H2,1-3H3,(H,10,13). The number of amides is 1. The normalized spacial score (nSPS) is 10.9. The summed E-state index contributed by atoms with van der Waals surface area (Å²) >= 11 is 0. The SMILES string of the molecule is CN(C)CCN(C)CCC(=O)NN. The number of nitrogens with zero attached hydrogens (tertiary/aromatic N) is 2. The molecule has 0 bridgehead atoms. The second kappa shape index (κ2) is 6.82. The smallest absolute Gasteiger partial charge is 0.235 e. The molecule has 0 atom stereocenters. The maximum atomic E-state index is 10.8. The fourth-order valence-electron chi connectivity index (χ4n) is 0.847. The molecule has 0 saturated heterocycles. The molecule has 0 aliphatic heterocycles. The van der Waals surface area contributed by atoms with Gasteiger partial charge in [-0.3, -0.25) is 10.2 Å². The van der Waals surface area contributed by atoms with Gasteiger partial charge in [0.05, 0.1) is 0 Å². The zero-order valence-electron chi connectivity index (χ0n) is 8.71. The molecule has 0 rings (SSSR count). The summed E-state index contributed by atoms with van der Waals surface area (Å²) in [5.74, 6) is 4.84. The van der Waals surface area contributed by atoms with Crippen LogP contribution in [0.5, 0.6) is 0 Å². The molecular weight excluding hydrogens is 168 g/mol. The molecule has 0 unspecified atom stereocenters. The fourth-order valence-corrected chi connectivity index (χ4v) is 0.847. The first kappa shape index (κ1) is 12.3. The maximum absolute atomic E-state index is 10.8. The average Bonchev–Trinajstić information content (AvgIpc) is 2.10. The van der Waals surface area contributed by atoms with Gasteiger partial charge in [-0.1, -0.05) is 0 Å². The van der Waals surface area contributed by atoms with Gasteiger partial charge in [0.2, 0.25) is 5.91 Å². The molecule has 0 aromatic heterocycles. The summed E-state index contributed by atoms with van der Waals surface area (Å²) < 4.78 is 0. The lowest BCUT2D eigenvalue weighted by Gasteiger charge is -2.18. The quantitative estimate of drug-likeness (QED) is 0.314. The van der Waals surface area contributed by atoms with Crippen molar-refractivity contribution in [1.29, 1.82) is 0 Å². The summed E-state index contributed by atoms with van der Waals surface area (Å²) in [4.78, 5) is 15.0. The fraction of sp³-hybridized carbons (Fsp3) is 0.875. The van der Waals surface area contributed by atoms with Crippen LogP contribution in [0.1, 0.15) is 6.42 Å². The van der Waals surface area contributed by atoms with Crippen molar-refractivity contribution >= 4 is 5.91 Å². The zero-order chi connectivity index (χ0) is 10.3. The minimum atomic E-state index is -0.114. The largest absolute Gasteiger partial charge is 0.308 e. The highest BCUT2D eigenvalue weighted by Crippen LogP contribution is 1.87. The lowest BCUT2D eigenvalue weighted by molar-refractivity contribution is -0.121. The maximum Gasteiger partial charge on any atom is 0.235 e. The van der Waals surface area contributed by atoms with Crippen LogP contribution in [-0.2, 0) is 4.79 Å². The number of nitrogens with one attached hydrogen (secondary N) is 1. The molecule has 0 saturated carbocycles. The van der Waals surface area contributed by atoms with E-state index >= 15 is 0 Å². The van der Waals surface area contributed by atoms with Crippen LogP contribution in [0.15, 0.2) is 0 Å². The van der Waals surface area contributed by atoms with E-state index < -0.39 is 0 Å². The molecule has 0 spiro atoms. The molecule has 0 aromatic rings.